The molecule has 0 saturated heterocycles. The lowest BCUT2D eigenvalue weighted by molar-refractivity contribution is -0.385. The van der Waals surface area contributed by atoms with E-state index < -0.39 is 0 Å². The van der Waals surface area contributed by atoms with E-state index in [-0.39, 0.29) is 10.6 Å². The van der Waals surface area contributed by atoms with Crippen molar-refractivity contribution < 1.29 is 9.66 Å². The summed E-state index contributed by atoms with van der Waals surface area (Å²) < 4.78 is 6.60. The van der Waals surface area contributed by atoms with Gasteiger partial charge in [-0.25, -0.2) is 0 Å². The van der Waals surface area contributed by atoms with Gasteiger partial charge in [0, 0.05) is 16.1 Å². The van der Waals surface area contributed by atoms with Gasteiger partial charge in [0.15, 0.2) is 0 Å². The van der Waals surface area contributed by atoms with E-state index in [1.807, 2.05) is 30.3 Å². The second-order valence-corrected chi connectivity index (χ2v) is 4.98. The number of nitro groups is 1. The Labute approximate surface area is 119 Å². The molecule has 0 aliphatic rings. The molecule has 2 aromatic rings. The van der Waals surface area contributed by atoms with Crippen LogP contribution in [0.4, 0.5) is 5.69 Å². The van der Waals surface area contributed by atoms with Crippen LogP contribution in [-0.2, 0) is 6.61 Å². The van der Waals surface area contributed by atoms with Gasteiger partial charge in [-0.15, -0.1) is 0 Å². The van der Waals surface area contributed by atoms with Crippen LogP contribution in [0.5, 0.6) is 5.75 Å². The summed E-state index contributed by atoms with van der Waals surface area (Å²) in [6.07, 6.45) is 0. The Hall–Kier alpha value is -1.88. The van der Waals surface area contributed by atoms with E-state index in [0.717, 1.165) is 15.8 Å². The highest BCUT2D eigenvalue weighted by Crippen LogP contribution is 2.23. The van der Waals surface area contributed by atoms with Crippen LogP contribution in [0.15, 0.2) is 46.9 Å². The lowest BCUT2D eigenvalue weighted by Gasteiger charge is -2.09. The Morgan fingerprint density at radius 1 is 1.21 bits per heavy atom. The third-order valence-electron chi connectivity index (χ3n) is 2.82. The van der Waals surface area contributed by atoms with Crippen molar-refractivity contribution in [1.82, 2.24) is 0 Å². The molecule has 0 aromatic heterocycles. The van der Waals surface area contributed by atoms with Crippen molar-refractivity contribution >= 4 is 21.6 Å². The van der Waals surface area contributed by atoms with Crippen LogP contribution in [0.2, 0.25) is 0 Å². The molecule has 0 amide bonds. The first-order valence-corrected chi connectivity index (χ1v) is 6.48. The molecular formula is C14H12BrNO3. The van der Waals surface area contributed by atoms with Crippen molar-refractivity contribution in [2.75, 3.05) is 0 Å². The third kappa shape index (κ3) is 3.32. The monoisotopic (exact) mass is 321 g/mol. The average molecular weight is 322 g/mol. The highest BCUT2D eigenvalue weighted by molar-refractivity contribution is 9.10. The molecule has 0 unspecified atom stereocenters. The molecule has 0 atom stereocenters. The van der Waals surface area contributed by atoms with Crippen LogP contribution >= 0.6 is 15.9 Å². The summed E-state index contributed by atoms with van der Waals surface area (Å²) in [6, 6.07) is 12.5. The minimum absolute atomic E-state index is 0.122. The first-order chi connectivity index (χ1) is 9.08. The molecule has 0 bridgehead atoms. The predicted octanol–water partition coefficient (Wildman–Crippen LogP) is 4.24. The van der Waals surface area contributed by atoms with Gasteiger partial charge in [-0.1, -0.05) is 28.1 Å². The van der Waals surface area contributed by atoms with Gasteiger partial charge in [-0.05, 0) is 36.8 Å². The molecule has 0 aliphatic heterocycles. The molecule has 4 nitrogen and oxygen atoms in total. The summed E-state index contributed by atoms with van der Waals surface area (Å²) in [6.45, 7) is 2.05. The lowest BCUT2D eigenvalue weighted by atomic mass is 10.1. The number of nitro benzene ring substituents is 1. The van der Waals surface area contributed by atoms with Gasteiger partial charge in [-0.3, -0.25) is 10.1 Å². The zero-order chi connectivity index (χ0) is 13.8. The summed E-state index contributed by atoms with van der Waals surface area (Å²) in [5, 5.41) is 10.8. The van der Waals surface area contributed by atoms with Crippen LogP contribution in [0.25, 0.3) is 0 Å². The van der Waals surface area contributed by atoms with E-state index in [0.29, 0.717) is 12.2 Å². The van der Waals surface area contributed by atoms with Crippen LogP contribution in [0.3, 0.4) is 0 Å². The van der Waals surface area contributed by atoms with Crippen LogP contribution in [-0.4, -0.2) is 4.92 Å². The Bertz CT molecular complexity index is 596. The van der Waals surface area contributed by atoms with Gasteiger partial charge in [0.05, 0.1) is 4.92 Å². The molecular weight excluding hydrogens is 310 g/mol. The second kappa shape index (κ2) is 5.84. The summed E-state index contributed by atoms with van der Waals surface area (Å²) >= 11 is 3.35. The van der Waals surface area contributed by atoms with Gasteiger partial charge in [0.1, 0.15) is 12.4 Å². The number of ether oxygens (including phenoxy) is 1. The minimum atomic E-state index is -0.377. The number of hydrogen-bond donors (Lipinski definition) is 0. The number of halogens is 1. The Morgan fingerprint density at radius 2 is 1.89 bits per heavy atom. The highest BCUT2D eigenvalue weighted by Gasteiger charge is 2.13. The molecule has 2 rings (SSSR count). The zero-order valence-corrected chi connectivity index (χ0v) is 11.9. The van der Waals surface area contributed by atoms with Crippen molar-refractivity contribution in [2.24, 2.45) is 0 Å². The van der Waals surface area contributed by atoms with Crippen LogP contribution < -0.4 is 4.74 Å². The fraction of sp³-hybridized carbons (Fsp3) is 0.143. The van der Waals surface area contributed by atoms with E-state index in [1.54, 1.807) is 13.0 Å². The fourth-order valence-electron chi connectivity index (χ4n) is 1.72. The smallest absolute Gasteiger partial charge is 0.272 e. The maximum absolute atomic E-state index is 10.8. The maximum atomic E-state index is 10.8. The highest BCUT2D eigenvalue weighted by atomic mass is 79.9. The summed E-state index contributed by atoms with van der Waals surface area (Å²) in [5.74, 6) is 0.731. The number of hydrogen-bond acceptors (Lipinski definition) is 3. The van der Waals surface area contributed by atoms with Crippen LogP contribution in [0, 0.1) is 17.0 Å². The SMILES string of the molecule is Cc1c(COc2ccc(Br)cc2)cccc1[N+](=O)[O-]. The molecule has 0 N–H and O–H groups in total. The molecule has 0 aliphatic carbocycles. The van der Waals surface area contributed by atoms with Gasteiger partial charge in [-0.2, -0.15) is 0 Å². The van der Waals surface area contributed by atoms with Gasteiger partial charge in [0.2, 0.25) is 0 Å². The van der Waals surface area contributed by atoms with Gasteiger partial charge in [0.25, 0.3) is 5.69 Å². The number of rotatable bonds is 4. The molecule has 98 valence electrons. The molecule has 19 heavy (non-hydrogen) atoms. The Balaban J connectivity index is 2.13. The summed E-state index contributed by atoms with van der Waals surface area (Å²) in [7, 11) is 0. The Morgan fingerprint density at radius 3 is 2.53 bits per heavy atom. The molecule has 0 saturated carbocycles. The zero-order valence-electron chi connectivity index (χ0n) is 10.3. The van der Waals surface area contributed by atoms with Crippen molar-refractivity contribution in [2.45, 2.75) is 13.5 Å². The quantitative estimate of drug-likeness (QED) is 0.625. The number of benzene rings is 2. The molecule has 0 heterocycles. The molecule has 0 fully saturated rings. The third-order valence-corrected chi connectivity index (χ3v) is 3.35. The average Bonchev–Trinajstić information content (AvgIpc) is 2.39. The fourth-order valence-corrected chi connectivity index (χ4v) is 1.98. The standard InChI is InChI=1S/C14H12BrNO3/c1-10-11(3-2-4-14(10)16(17)18)9-19-13-7-5-12(15)6-8-13/h2-8H,9H2,1H3. The second-order valence-electron chi connectivity index (χ2n) is 4.06. The minimum Gasteiger partial charge on any atom is -0.489 e. The van der Waals surface area contributed by atoms with Crippen molar-refractivity contribution in [3.63, 3.8) is 0 Å². The molecule has 5 heteroatoms. The van der Waals surface area contributed by atoms with Gasteiger partial charge < -0.3 is 4.74 Å². The maximum Gasteiger partial charge on any atom is 0.272 e. The van der Waals surface area contributed by atoms with E-state index in [4.69, 9.17) is 4.74 Å². The topological polar surface area (TPSA) is 52.4 Å². The summed E-state index contributed by atoms with van der Waals surface area (Å²) in [4.78, 5) is 10.5. The van der Waals surface area contributed by atoms with Crippen LogP contribution in [0.1, 0.15) is 11.1 Å². The van der Waals surface area contributed by atoms with E-state index in [9.17, 15) is 10.1 Å². The van der Waals surface area contributed by atoms with Crippen molar-refractivity contribution in [1.29, 1.82) is 0 Å². The molecule has 2 aromatic carbocycles. The lowest BCUT2D eigenvalue weighted by Crippen LogP contribution is -2.00. The van der Waals surface area contributed by atoms with E-state index >= 15 is 0 Å². The van der Waals surface area contributed by atoms with Gasteiger partial charge >= 0.3 is 0 Å². The number of nitrogens with zero attached hydrogens (tertiary/aromatic N) is 1. The normalized spacial score (nSPS) is 10.2. The first kappa shape index (κ1) is 13.5. The largest absolute Gasteiger partial charge is 0.489 e. The Kier molecular flexibility index (Phi) is 4.16. The van der Waals surface area contributed by atoms with E-state index in [2.05, 4.69) is 15.9 Å². The molecule has 0 spiro atoms. The van der Waals surface area contributed by atoms with Crippen molar-refractivity contribution in [3.8, 4) is 5.75 Å². The van der Waals surface area contributed by atoms with Crippen molar-refractivity contribution in [3.05, 3.63) is 68.2 Å². The molecule has 0 radical (unpaired) electrons. The predicted molar refractivity (Wildman–Crippen MR) is 76.3 cm³/mol. The first-order valence-electron chi connectivity index (χ1n) is 5.69. The van der Waals surface area contributed by atoms with E-state index in [1.165, 1.54) is 6.07 Å². The summed E-state index contributed by atoms with van der Waals surface area (Å²) in [5.41, 5.74) is 1.58.